The molecule has 0 radical (unpaired) electrons. The molecule has 4 nitrogen and oxygen atoms in total. The van der Waals surface area contributed by atoms with Crippen molar-refractivity contribution in [1.82, 2.24) is 5.32 Å². The van der Waals surface area contributed by atoms with Crippen molar-refractivity contribution >= 4 is 21.8 Å². The Morgan fingerprint density at radius 3 is 2.56 bits per heavy atom. The van der Waals surface area contributed by atoms with Crippen LogP contribution in [0.2, 0.25) is 0 Å². The number of nitrogens with one attached hydrogen (secondary N) is 2. The van der Waals surface area contributed by atoms with Crippen molar-refractivity contribution in [3.63, 3.8) is 0 Å². The summed E-state index contributed by atoms with van der Waals surface area (Å²) < 4.78 is 6.72. The zero-order valence-corrected chi connectivity index (χ0v) is 16.2. The molecule has 0 saturated carbocycles. The van der Waals surface area contributed by atoms with Crippen LogP contribution in [0.15, 0.2) is 59.1 Å². The highest BCUT2D eigenvalue weighted by atomic mass is 79.9. The summed E-state index contributed by atoms with van der Waals surface area (Å²) in [5.74, 6) is 0.940. The summed E-state index contributed by atoms with van der Waals surface area (Å²) in [6.07, 6.45) is 1.95. The van der Waals surface area contributed by atoms with Gasteiger partial charge in [-0.2, -0.15) is 0 Å². The molecule has 25 heavy (non-hydrogen) atoms. The van der Waals surface area contributed by atoms with Crippen molar-refractivity contribution in [3.8, 4) is 5.75 Å². The molecule has 0 aromatic heterocycles. The number of quaternary nitrogens is 1. The van der Waals surface area contributed by atoms with Crippen LogP contribution >= 0.6 is 15.9 Å². The first-order chi connectivity index (χ1) is 12.1. The second-order valence-corrected chi connectivity index (χ2v) is 7.04. The zero-order valence-electron chi connectivity index (χ0n) is 14.6. The highest BCUT2D eigenvalue weighted by Crippen LogP contribution is 2.15. The smallest absolute Gasteiger partial charge is 0.275 e. The minimum atomic E-state index is 0.0919. The molecule has 0 spiro atoms. The number of hydrogen-bond donors (Lipinski definition) is 2. The molecule has 2 aromatic rings. The van der Waals surface area contributed by atoms with E-state index in [1.165, 1.54) is 5.56 Å². The van der Waals surface area contributed by atoms with Crippen LogP contribution in [0, 0.1) is 0 Å². The number of ether oxygens (including phenoxy) is 1. The van der Waals surface area contributed by atoms with Crippen molar-refractivity contribution in [2.24, 2.45) is 0 Å². The Bertz CT molecular complexity index is 632. The van der Waals surface area contributed by atoms with E-state index in [2.05, 4.69) is 33.4 Å². The Hall–Kier alpha value is -1.85. The first-order valence-electron chi connectivity index (χ1n) is 8.64. The monoisotopic (exact) mass is 405 g/mol. The van der Waals surface area contributed by atoms with E-state index < -0.39 is 0 Å². The highest BCUT2D eigenvalue weighted by Gasteiger charge is 2.09. The first kappa shape index (κ1) is 19.5. The molecule has 0 aliphatic rings. The molecule has 0 bridgehead atoms. The number of aryl methyl sites for hydroxylation is 1. The molecule has 134 valence electrons. The predicted octanol–water partition coefficient (Wildman–Crippen LogP) is 2.09. The minimum absolute atomic E-state index is 0.0919. The molecule has 0 fully saturated rings. The van der Waals surface area contributed by atoms with Crippen LogP contribution in [0.3, 0.4) is 0 Å². The number of halogens is 1. The van der Waals surface area contributed by atoms with Gasteiger partial charge < -0.3 is 15.0 Å². The largest absolute Gasteiger partial charge is 0.488 e. The number of benzene rings is 2. The van der Waals surface area contributed by atoms with E-state index in [0.29, 0.717) is 13.2 Å². The van der Waals surface area contributed by atoms with Crippen LogP contribution in [-0.2, 0) is 11.2 Å². The molecule has 0 aliphatic heterocycles. The van der Waals surface area contributed by atoms with Crippen molar-refractivity contribution in [1.29, 1.82) is 0 Å². The van der Waals surface area contributed by atoms with E-state index in [4.69, 9.17) is 4.74 Å². The van der Waals surface area contributed by atoms with Gasteiger partial charge in [-0.25, -0.2) is 0 Å². The summed E-state index contributed by atoms with van der Waals surface area (Å²) in [4.78, 5) is 13.1. The summed E-state index contributed by atoms with van der Waals surface area (Å²) in [7, 11) is 2.01. The van der Waals surface area contributed by atoms with Crippen molar-refractivity contribution in [3.05, 3.63) is 64.6 Å². The molecule has 1 unspecified atom stereocenters. The molecule has 1 atom stereocenters. The van der Waals surface area contributed by atoms with Crippen molar-refractivity contribution in [2.45, 2.75) is 12.8 Å². The van der Waals surface area contributed by atoms with Crippen LogP contribution in [-0.4, -0.2) is 39.2 Å². The van der Waals surface area contributed by atoms with E-state index in [0.717, 1.165) is 41.1 Å². The summed E-state index contributed by atoms with van der Waals surface area (Å²) in [5.41, 5.74) is 1.31. The molecule has 2 rings (SSSR count). The third-order valence-electron chi connectivity index (χ3n) is 3.88. The van der Waals surface area contributed by atoms with Crippen LogP contribution in [0.4, 0.5) is 0 Å². The maximum atomic E-state index is 12.0. The van der Waals surface area contributed by atoms with E-state index >= 15 is 0 Å². The van der Waals surface area contributed by atoms with E-state index in [9.17, 15) is 4.79 Å². The normalized spacial score (nSPS) is 11.8. The summed E-state index contributed by atoms with van der Waals surface area (Å²) in [6.45, 7) is 2.56. The lowest BCUT2D eigenvalue weighted by Crippen LogP contribution is -3.10. The summed E-state index contributed by atoms with van der Waals surface area (Å²) in [5, 5.41) is 2.99. The lowest BCUT2D eigenvalue weighted by Gasteiger charge is -2.14. The van der Waals surface area contributed by atoms with Gasteiger partial charge in [0.25, 0.3) is 5.91 Å². The van der Waals surface area contributed by atoms with Gasteiger partial charge in [0, 0.05) is 11.0 Å². The molecule has 1 amide bonds. The Balaban J connectivity index is 1.54. The molecule has 5 heteroatoms. The highest BCUT2D eigenvalue weighted by molar-refractivity contribution is 9.10. The average molecular weight is 406 g/mol. The molecule has 2 N–H and O–H groups in total. The van der Waals surface area contributed by atoms with Crippen molar-refractivity contribution in [2.75, 3.05) is 33.3 Å². The van der Waals surface area contributed by atoms with Gasteiger partial charge in [-0.1, -0.05) is 46.3 Å². The Morgan fingerprint density at radius 1 is 1.12 bits per heavy atom. The van der Waals surface area contributed by atoms with Gasteiger partial charge in [0.1, 0.15) is 18.9 Å². The number of rotatable bonds is 10. The molecule has 2 aromatic carbocycles. The molecular formula is C20H26BrN2O2+. The fourth-order valence-corrected chi connectivity index (χ4v) is 2.73. The summed E-state index contributed by atoms with van der Waals surface area (Å²) >= 11 is 3.40. The van der Waals surface area contributed by atoms with Gasteiger partial charge in [0.2, 0.25) is 0 Å². The first-order valence-corrected chi connectivity index (χ1v) is 9.43. The standard InChI is InChI=1S/C20H25BrN2O2/c1-23(14-15-25-19-11-9-18(21)10-12-19)16-20(24)22-13-5-8-17-6-3-2-4-7-17/h2-4,6-7,9-12H,5,8,13-16H2,1H3,(H,22,24)/p+1. The van der Waals surface area contributed by atoms with E-state index in [-0.39, 0.29) is 5.91 Å². The Morgan fingerprint density at radius 2 is 1.84 bits per heavy atom. The summed E-state index contributed by atoms with van der Waals surface area (Å²) in [6, 6.07) is 18.1. The Labute approximate surface area is 158 Å². The number of carbonyl (C=O) groups excluding carboxylic acids is 1. The lowest BCUT2D eigenvalue weighted by atomic mass is 10.1. The SMILES string of the molecule is C[NH+](CCOc1ccc(Br)cc1)CC(=O)NCCCc1ccccc1. The second-order valence-electron chi connectivity index (χ2n) is 6.13. The molecular weight excluding hydrogens is 380 g/mol. The van der Waals surface area contributed by atoms with Crippen LogP contribution < -0.4 is 15.0 Å². The topological polar surface area (TPSA) is 42.8 Å². The van der Waals surface area contributed by atoms with Gasteiger partial charge in [-0.15, -0.1) is 0 Å². The van der Waals surface area contributed by atoms with Gasteiger partial charge in [0.05, 0.1) is 7.05 Å². The maximum Gasteiger partial charge on any atom is 0.275 e. The molecule has 0 saturated heterocycles. The third kappa shape index (κ3) is 8.18. The quantitative estimate of drug-likeness (QED) is 0.594. The molecule has 0 heterocycles. The average Bonchev–Trinajstić information content (AvgIpc) is 2.61. The van der Waals surface area contributed by atoms with Gasteiger partial charge in [0.15, 0.2) is 6.54 Å². The number of carbonyl (C=O) groups is 1. The van der Waals surface area contributed by atoms with Gasteiger partial charge in [-0.3, -0.25) is 4.79 Å². The fourth-order valence-electron chi connectivity index (χ4n) is 2.46. The van der Waals surface area contributed by atoms with Crippen LogP contribution in [0.5, 0.6) is 5.75 Å². The van der Waals surface area contributed by atoms with E-state index in [1.807, 2.05) is 49.5 Å². The number of likely N-dealkylation sites (N-methyl/N-ethyl adjacent to an activating group) is 1. The number of amides is 1. The van der Waals surface area contributed by atoms with E-state index in [1.54, 1.807) is 0 Å². The lowest BCUT2D eigenvalue weighted by molar-refractivity contribution is -0.871. The Kier molecular flexibility index (Phi) is 8.49. The predicted molar refractivity (Wildman–Crippen MR) is 104 cm³/mol. The zero-order chi connectivity index (χ0) is 17.9. The van der Waals surface area contributed by atoms with Crippen LogP contribution in [0.1, 0.15) is 12.0 Å². The minimum Gasteiger partial charge on any atom is -0.488 e. The second kappa shape index (κ2) is 10.9. The van der Waals surface area contributed by atoms with Crippen LogP contribution in [0.25, 0.3) is 0 Å². The maximum absolute atomic E-state index is 12.0. The van der Waals surface area contributed by atoms with Crippen molar-refractivity contribution < 1.29 is 14.4 Å². The third-order valence-corrected chi connectivity index (χ3v) is 4.41. The fraction of sp³-hybridized carbons (Fsp3) is 0.350. The molecule has 0 aliphatic carbocycles. The van der Waals surface area contributed by atoms with Gasteiger partial charge in [-0.05, 0) is 42.7 Å². The number of hydrogen-bond acceptors (Lipinski definition) is 2. The van der Waals surface area contributed by atoms with Gasteiger partial charge >= 0.3 is 0 Å².